The van der Waals surface area contributed by atoms with Crippen LogP contribution in [0.1, 0.15) is 69.9 Å². The quantitative estimate of drug-likeness (QED) is 0.846. The highest BCUT2D eigenvalue weighted by molar-refractivity contribution is 5.24. The maximum absolute atomic E-state index is 6.05. The first kappa shape index (κ1) is 16.5. The van der Waals surface area contributed by atoms with Crippen LogP contribution in [-0.4, -0.2) is 23.5 Å². The summed E-state index contributed by atoms with van der Waals surface area (Å²) in [7, 11) is 0. The maximum atomic E-state index is 6.05. The zero-order valence-corrected chi connectivity index (χ0v) is 14.0. The molecule has 0 unspecified atom stereocenters. The fourth-order valence-electron chi connectivity index (χ4n) is 3.39. The molecule has 118 valence electrons. The lowest BCUT2D eigenvalue weighted by molar-refractivity contribution is 0.142. The zero-order valence-electron chi connectivity index (χ0n) is 14.0. The molecule has 0 saturated heterocycles. The van der Waals surface area contributed by atoms with E-state index < -0.39 is 0 Å². The molecule has 2 nitrogen and oxygen atoms in total. The normalized spacial score (nSPS) is 23.0. The molecular weight excluding hydrogens is 256 g/mol. The smallest absolute Gasteiger partial charge is 0.0236 e. The Kier molecular flexibility index (Phi) is 6.25. The van der Waals surface area contributed by atoms with E-state index in [4.69, 9.17) is 5.73 Å². The molecule has 2 rings (SSSR count). The molecule has 0 radical (unpaired) electrons. The molecule has 2 N–H and O–H groups in total. The summed E-state index contributed by atoms with van der Waals surface area (Å²) in [6.45, 7) is 9.08. The molecule has 0 aromatic heterocycles. The van der Waals surface area contributed by atoms with Gasteiger partial charge in [0, 0.05) is 18.6 Å². The van der Waals surface area contributed by atoms with E-state index in [2.05, 4.69) is 49.9 Å². The standard InChI is InChI=1S/C19H32N2/c1-4-13-21(19-11-9-18(20)10-12-19)14-16-5-7-17(8-6-16)15(2)3/h5-8,15,18-19H,4,9-14,20H2,1-3H3. The van der Waals surface area contributed by atoms with Crippen molar-refractivity contribution in [1.82, 2.24) is 4.90 Å². The monoisotopic (exact) mass is 288 g/mol. The van der Waals surface area contributed by atoms with Crippen LogP contribution in [0.5, 0.6) is 0 Å². The lowest BCUT2D eigenvalue weighted by Crippen LogP contribution is -2.40. The van der Waals surface area contributed by atoms with Crippen molar-refractivity contribution in [3.8, 4) is 0 Å². The van der Waals surface area contributed by atoms with Crippen LogP contribution in [-0.2, 0) is 6.54 Å². The van der Waals surface area contributed by atoms with E-state index in [0.717, 1.165) is 12.6 Å². The average molecular weight is 288 g/mol. The third kappa shape index (κ3) is 4.82. The van der Waals surface area contributed by atoms with E-state index in [1.165, 1.54) is 49.8 Å². The van der Waals surface area contributed by atoms with Gasteiger partial charge in [-0.05, 0) is 55.7 Å². The van der Waals surface area contributed by atoms with Crippen LogP contribution in [0.2, 0.25) is 0 Å². The van der Waals surface area contributed by atoms with Gasteiger partial charge >= 0.3 is 0 Å². The Morgan fingerprint density at radius 3 is 2.24 bits per heavy atom. The zero-order chi connectivity index (χ0) is 15.2. The van der Waals surface area contributed by atoms with Gasteiger partial charge in [0.05, 0.1) is 0 Å². The van der Waals surface area contributed by atoms with Crippen molar-refractivity contribution in [1.29, 1.82) is 0 Å². The van der Waals surface area contributed by atoms with E-state index in [1.54, 1.807) is 0 Å². The number of nitrogens with two attached hydrogens (primary N) is 1. The Bertz CT molecular complexity index is 402. The van der Waals surface area contributed by atoms with Crippen LogP contribution < -0.4 is 5.73 Å². The summed E-state index contributed by atoms with van der Waals surface area (Å²) in [6.07, 6.45) is 6.15. The maximum Gasteiger partial charge on any atom is 0.0236 e. The van der Waals surface area contributed by atoms with E-state index in [9.17, 15) is 0 Å². The Labute approximate surface area is 130 Å². The van der Waals surface area contributed by atoms with Gasteiger partial charge in [-0.3, -0.25) is 4.90 Å². The lowest BCUT2D eigenvalue weighted by Gasteiger charge is -2.36. The van der Waals surface area contributed by atoms with Crippen LogP contribution in [0.3, 0.4) is 0 Å². The van der Waals surface area contributed by atoms with Crippen molar-refractivity contribution in [2.75, 3.05) is 6.54 Å². The summed E-state index contributed by atoms with van der Waals surface area (Å²) >= 11 is 0. The first-order chi connectivity index (χ1) is 10.1. The van der Waals surface area contributed by atoms with Crippen LogP contribution in [0.25, 0.3) is 0 Å². The van der Waals surface area contributed by atoms with Gasteiger partial charge in [0.25, 0.3) is 0 Å². The van der Waals surface area contributed by atoms with E-state index in [1.807, 2.05) is 0 Å². The lowest BCUT2D eigenvalue weighted by atomic mass is 9.90. The third-order valence-electron chi connectivity index (χ3n) is 4.80. The molecule has 2 heteroatoms. The van der Waals surface area contributed by atoms with Crippen LogP contribution >= 0.6 is 0 Å². The minimum atomic E-state index is 0.440. The molecule has 0 heterocycles. The number of benzene rings is 1. The molecule has 0 spiro atoms. The number of hydrogen-bond acceptors (Lipinski definition) is 2. The second kappa shape index (κ2) is 7.95. The average Bonchev–Trinajstić information content (AvgIpc) is 2.48. The van der Waals surface area contributed by atoms with Crippen LogP contribution in [0, 0.1) is 0 Å². The highest BCUT2D eigenvalue weighted by Gasteiger charge is 2.23. The van der Waals surface area contributed by atoms with Crippen molar-refractivity contribution < 1.29 is 0 Å². The largest absolute Gasteiger partial charge is 0.328 e. The van der Waals surface area contributed by atoms with E-state index in [-0.39, 0.29) is 0 Å². The molecule has 1 aromatic rings. The van der Waals surface area contributed by atoms with Crippen LogP contribution in [0.15, 0.2) is 24.3 Å². The summed E-state index contributed by atoms with van der Waals surface area (Å²) in [6, 6.07) is 10.4. The Morgan fingerprint density at radius 2 is 1.71 bits per heavy atom. The summed E-state index contributed by atoms with van der Waals surface area (Å²) in [5, 5.41) is 0. The topological polar surface area (TPSA) is 29.3 Å². The predicted octanol–water partition coefficient (Wildman–Crippen LogP) is 4.29. The van der Waals surface area contributed by atoms with Gasteiger partial charge in [-0.2, -0.15) is 0 Å². The first-order valence-corrected chi connectivity index (χ1v) is 8.68. The van der Waals surface area contributed by atoms with Crippen molar-refractivity contribution in [2.45, 2.75) is 77.4 Å². The van der Waals surface area contributed by atoms with Gasteiger partial charge in [0.15, 0.2) is 0 Å². The summed E-state index contributed by atoms with van der Waals surface area (Å²) < 4.78 is 0. The third-order valence-corrected chi connectivity index (χ3v) is 4.80. The predicted molar refractivity (Wildman–Crippen MR) is 91.5 cm³/mol. The molecule has 0 aliphatic heterocycles. The van der Waals surface area contributed by atoms with Gasteiger partial charge in [-0.1, -0.05) is 45.0 Å². The molecule has 1 saturated carbocycles. The Hall–Kier alpha value is -0.860. The molecule has 1 fully saturated rings. The minimum Gasteiger partial charge on any atom is -0.328 e. The number of hydrogen-bond donors (Lipinski definition) is 1. The van der Waals surface area contributed by atoms with Crippen molar-refractivity contribution in [3.05, 3.63) is 35.4 Å². The number of rotatable bonds is 6. The molecule has 1 aromatic carbocycles. The van der Waals surface area contributed by atoms with Gasteiger partial charge in [0.2, 0.25) is 0 Å². The van der Waals surface area contributed by atoms with Crippen molar-refractivity contribution in [2.24, 2.45) is 5.73 Å². The number of nitrogens with zero attached hydrogens (tertiary/aromatic N) is 1. The van der Waals surface area contributed by atoms with Gasteiger partial charge < -0.3 is 5.73 Å². The molecule has 1 aliphatic carbocycles. The molecule has 0 atom stereocenters. The van der Waals surface area contributed by atoms with Gasteiger partial charge in [-0.25, -0.2) is 0 Å². The van der Waals surface area contributed by atoms with Crippen LogP contribution in [0.4, 0.5) is 0 Å². The summed E-state index contributed by atoms with van der Waals surface area (Å²) in [4.78, 5) is 2.68. The Morgan fingerprint density at radius 1 is 1.10 bits per heavy atom. The molecule has 21 heavy (non-hydrogen) atoms. The summed E-state index contributed by atoms with van der Waals surface area (Å²) in [5.41, 5.74) is 8.93. The van der Waals surface area contributed by atoms with Gasteiger partial charge in [0.1, 0.15) is 0 Å². The van der Waals surface area contributed by atoms with Crippen molar-refractivity contribution >= 4 is 0 Å². The van der Waals surface area contributed by atoms with Crippen molar-refractivity contribution in [3.63, 3.8) is 0 Å². The molecule has 1 aliphatic rings. The molecule has 0 amide bonds. The second-order valence-corrected chi connectivity index (χ2v) is 6.94. The fourth-order valence-corrected chi connectivity index (χ4v) is 3.39. The van der Waals surface area contributed by atoms with Gasteiger partial charge in [-0.15, -0.1) is 0 Å². The minimum absolute atomic E-state index is 0.440. The second-order valence-electron chi connectivity index (χ2n) is 6.94. The van der Waals surface area contributed by atoms with E-state index in [0.29, 0.717) is 12.0 Å². The first-order valence-electron chi connectivity index (χ1n) is 8.68. The summed E-state index contributed by atoms with van der Waals surface area (Å²) in [5.74, 6) is 0.616. The Balaban J connectivity index is 1.98. The molecule has 0 bridgehead atoms. The van der Waals surface area contributed by atoms with E-state index >= 15 is 0 Å². The molecular formula is C19H32N2. The highest BCUT2D eigenvalue weighted by Crippen LogP contribution is 2.24. The fraction of sp³-hybridized carbons (Fsp3) is 0.684. The highest BCUT2D eigenvalue weighted by atomic mass is 15.2. The SMILES string of the molecule is CCCN(Cc1ccc(C(C)C)cc1)C1CCC(N)CC1.